The second-order valence-electron chi connectivity index (χ2n) is 4.84. The molecular weight excluding hydrogens is 192 g/mol. The number of aryl methyl sites for hydroxylation is 2. The van der Waals surface area contributed by atoms with Gasteiger partial charge in [-0.1, -0.05) is 43.3 Å². The monoisotopic (exact) mass is 208 g/mol. The molecule has 0 spiro atoms. The van der Waals surface area contributed by atoms with Gasteiger partial charge in [0.2, 0.25) is 0 Å². The molecule has 0 fully saturated rings. The summed E-state index contributed by atoms with van der Waals surface area (Å²) in [6, 6.07) is 8.98. The van der Waals surface area contributed by atoms with Crippen LogP contribution in [-0.2, 0) is 0 Å². The summed E-state index contributed by atoms with van der Waals surface area (Å²) >= 11 is 0. The van der Waals surface area contributed by atoms with Gasteiger partial charge in [0.05, 0.1) is 0 Å². The molecule has 0 saturated carbocycles. The van der Waals surface area contributed by atoms with E-state index < -0.39 is 0 Å². The van der Waals surface area contributed by atoms with Gasteiger partial charge in [-0.05, 0) is 46.9 Å². The Balaban J connectivity index is 2.56. The average molecular weight is 208 g/mol. The van der Waals surface area contributed by atoms with Crippen molar-refractivity contribution in [3.8, 4) is 0 Å². The lowest BCUT2D eigenvalue weighted by molar-refractivity contribution is 0.964. The zero-order chi connectivity index (χ0) is 11.3. The van der Waals surface area contributed by atoms with Gasteiger partial charge in [0.1, 0.15) is 0 Å². The van der Waals surface area contributed by atoms with Crippen LogP contribution in [0.3, 0.4) is 0 Å². The first-order valence-corrected chi connectivity index (χ1v) is 5.89. The standard InChI is InChI=1S/C16H16/c1-10-4-7-13-8-5-11(2)15-12(3)6-9-14(10)16(13)15/h4-9,11H,1-3H3. The Morgan fingerprint density at radius 2 is 1.69 bits per heavy atom. The minimum absolute atomic E-state index is 0.540. The molecule has 0 amide bonds. The van der Waals surface area contributed by atoms with Crippen molar-refractivity contribution in [1.29, 1.82) is 0 Å². The van der Waals surface area contributed by atoms with E-state index in [0.717, 1.165) is 0 Å². The van der Waals surface area contributed by atoms with Crippen LogP contribution in [0.2, 0.25) is 0 Å². The van der Waals surface area contributed by atoms with E-state index in [4.69, 9.17) is 0 Å². The van der Waals surface area contributed by atoms with Crippen molar-refractivity contribution in [3.63, 3.8) is 0 Å². The van der Waals surface area contributed by atoms with Crippen LogP contribution in [0.1, 0.15) is 35.1 Å². The van der Waals surface area contributed by atoms with E-state index in [2.05, 4.69) is 57.2 Å². The fraction of sp³-hybridized carbons (Fsp3) is 0.250. The molecule has 16 heavy (non-hydrogen) atoms. The number of rotatable bonds is 0. The highest BCUT2D eigenvalue weighted by molar-refractivity contribution is 5.98. The first-order valence-electron chi connectivity index (χ1n) is 5.89. The Hall–Kier alpha value is -1.56. The topological polar surface area (TPSA) is 0 Å². The van der Waals surface area contributed by atoms with E-state index in [1.807, 2.05) is 0 Å². The molecule has 1 aliphatic carbocycles. The van der Waals surface area contributed by atoms with Crippen LogP contribution in [0.5, 0.6) is 0 Å². The predicted molar refractivity (Wildman–Crippen MR) is 70.9 cm³/mol. The maximum absolute atomic E-state index is 2.31. The summed E-state index contributed by atoms with van der Waals surface area (Å²) in [7, 11) is 0. The van der Waals surface area contributed by atoms with Crippen molar-refractivity contribution in [1.82, 2.24) is 0 Å². The van der Waals surface area contributed by atoms with Gasteiger partial charge < -0.3 is 0 Å². The van der Waals surface area contributed by atoms with Gasteiger partial charge in [-0.3, -0.25) is 0 Å². The molecule has 0 heterocycles. The first kappa shape index (κ1) is 9.65. The van der Waals surface area contributed by atoms with E-state index in [-0.39, 0.29) is 0 Å². The molecule has 80 valence electrons. The predicted octanol–water partition coefficient (Wildman–Crippen LogP) is 4.59. The van der Waals surface area contributed by atoms with Gasteiger partial charge in [0.15, 0.2) is 0 Å². The van der Waals surface area contributed by atoms with E-state index in [1.54, 1.807) is 0 Å². The Kier molecular flexibility index (Phi) is 1.94. The molecule has 0 radical (unpaired) electrons. The van der Waals surface area contributed by atoms with Crippen LogP contribution in [0, 0.1) is 13.8 Å². The number of hydrogen-bond donors (Lipinski definition) is 0. The summed E-state index contributed by atoms with van der Waals surface area (Å²) in [5.74, 6) is 0.540. The quantitative estimate of drug-likeness (QED) is 0.594. The lowest BCUT2D eigenvalue weighted by Crippen LogP contribution is -2.01. The van der Waals surface area contributed by atoms with E-state index >= 15 is 0 Å². The van der Waals surface area contributed by atoms with Crippen molar-refractivity contribution >= 4 is 16.8 Å². The Bertz CT molecular complexity index is 603. The highest BCUT2D eigenvalue weighted by Crippen LogP contribution is 2.37. The van der Waals surface area contributed by atoms with Gasteiger partial charge in [-0.25, -0.2) is 0 Å². The fourth-order valence-electron chi connectivity index (χ4n) is 2.82. The molecule has 3 rings (SSSR count). The van der Waals surface area contributed by atoms with Crippen molar-refractivity contribution in [2.45, 2.75) is 26.7 Å². The van der Waals surface area contributed by atoms with Crippen LogP contribution in [0.25, 0.3) is 16.8 Å². The molecule has 0 saturated heterocycles. The van der Waals surface area contributed by atoms with Crippen LogP contribution < -0.4 is 0 Å². The zero-order valence-electron chi connectivity index (χ0n) is 10.0. The summed E-state index contributed by atoms with van der Waals surface area (Å²) < 4.78 is 0. The molecule has 2 aromatic rings. The smallest absolute Gasteiger partial charge is 0.000190 e. The third kappa shape index (κ3) is 1.16. The van der Waals surface area contributed by atoms with Gasteiger partial charge in [0.25, 0.3) is 0 Å². The minimum atomic E-state index is 0.540. The average Bonchev–Trinajstić information content (AvgIpc) is 2.27. The van der Waals surface area contributed by atoms with E-state index in [0.29, 0.717) is 5.92 Å². The van der Waals surface area contributed by atoms with Crippen LogP contribution in [-0.4, -0.2) is 0 Å². The molecule has 0 heteroatoms. The summed E-state index contributed by atoms with van der Waals surface area (Å²) in [5.41, 5.74) is 5.68. The van der Waals surface area contributed by atoms with Crippen LogP contribution >= 0.6 is 0 Å². The van der Waals surface area contributed by atoms with Gasteiger partial charge in [0, 0.05) is 5.92 Å². The van der Waals surface area contributed by atoms with Crippen molar-refractivity contribution in [2.75, 3.05) is 0 Å². The maximum atomic E-state index is 2.31. The van der Waals surface area contributed by atoms with Crippen LogP contribution in [0.15, 0.2) is 30.3 Å². The van der Waals surface area contributed by atoms with Crippen molar-refractivity contribution < 1.29 is 0 Å². The van der Waals surface area contributed by atoms with Gasteiger partial charge in [-0.15, -0.1) is 0 Å². The number of hydrogen-bond acceptors (Lipinski definition) is 0. The summed E-state index contributed by atoms with van der Waals surface area (Å²) in [4.78, 5) is 0. The molecule has 1 unspecified atom stereocenters. The normalized spacial score (nSPS) is 18.1. The Labute approximate surface area is 96.6 Å². The molecule has 0 nitrogen and oxygen atoms in total. The SMILES string of the molecule is Cc1ccc2c(C)ccc3c2c1C(C)C=C3. The molecule has 0 N–H and O–H groups in total. The second kappa shape index (κ2) is 3.21. The molecule has 1 aliphatic rings. The second-order valence-corrected chi connectivity index (χ2v) is 4.84. The lowest BCUT2D eigenvalue weighted by atomic mass is 9.83. The van der Waals surface area contributed by atoms with Crippen molar-refractivity contribution in [2.24, 2.45) is 0 Å². The molecule has 0 aromatic heterocycles. The molecular formula is C16H16. The van der Waals surface area contributed by atoms with Gasteiger partial charge in [-0.2, -0.15) is 0 Å². The maximum Gasteiger partial charge on any atom is 0.000190 e. The molecule has 0 bridgehead atoms. The van der Waals surface area contributed by atoms with Crippen molar-refractivity contribution in [3.05, 3.63) is 52.6 Å². The molecule has 1 atom stereocenters. The van der Waals surface area contributed by atoms with Crippen LogP contribution in [0.4, 0.5) is 0 Å². The lowest BCUT2D eigenvalue weighted by Gasteiger charge is -2.21. The third-order valence-corrected chi connectivity index (χ3v) is 3.71. The largest absolute Gasteiger partial charge is 0.0766 e. The summed E-state index contributed by atoms with van der Waals surface area (Å²) in [6.07, 6.45) is 4.57. The molecule has 0 aliphatic heterocycles. The summed E-state index contributed by atoms with van der Waals surface area (Å²) in [5, 5.41) is 2.88. The third-order valence-electron chi connectivity index (χ3n) is 3.71. The van der Waals surface area contributed by atoms with E-state index in [9.17, 15) is 0 Å². The highest BCUT2D eigenvalue weighted by Gasteiger charge is 2.16. The minimum Gasteiger partial charge on any atom is -0.0766 e. The number of allylic oxidation sites excluding steroid dienone is 1. The number of benzene rings is 2. The Morgan fingerprint density at radius 1 is 0.938 bits per heavy atom. The summed E-state index contributed by atoms with van der Waals surface area (Å²) in [6.45, 7) is 6.70. The molecule has 2 aromatic carbocycles. The Morgan fingerprint density at radius 3 is 2.50 bits per heavy atom. The fourth-order valence-corrected chi connectivity index (χ4v) is 2.82. The van der Waals surface area contributed by atoms with Gasteiger partial charge >= 0.3 is 0 Å². The highest BCUT2D eigenvalue weighted by atomic mass is 14.2. The first-order chi connectivity index (χ1) is 7.68. The van der Waals surface area contributed by atoms with E-state index in [1.165, 1.54) is 33.0 Å². The zero-order valence-corrected chi connectivity index (χ0v) is 10.0.